The summed E-state index contributed by atoms with van der Waals surface area (Å²) in [6.45, 7) is 3.84. The second-order valence-electron chi connectivity index (χ2n) is 6.97. The van der Waals surface area contributed by atoms with Crippen molar-refractivity contribution < 1.29 is 19.1 Å². The molecule has 0 atom stereocenters. The Labute approximate surface area is 159 Å². The first-order chi connectivity index (χ1) is 12.9. The molecule has 0 fully saturated rings. The SMILES string of the molecule is COc1ccccc1C(=O)OCC(=O)/C=C1/N(C)c2ccccc2C1(C)C. The molecule has 1 aliphatic heterocycles. The molecular formula is C22H23NO4. The minimum Gasteiger partial charge on any atom is -0.496 e. The van der Waals surface area contributed by atoms with Gasteiger partial charge in [-0.1, -0.05) is 44.2 Å². The predicted molar refractivity (Wildman–Crippen MR) is 104 cm³/mol. The molecule has 0 radical (unpaired) electrons. The molecule has 0 spiro atoms. The average molecular weight is 365 g/mol. The number of hydrogen-bond donors (Lipinski definition) is 0. The third-order valence-electron chi connectivity index (χ3n) is 4.91. The minimum atomic E-state index is -0.582. The molecule has 2 aromatic carbocycles. The van der Waals surface area contributed by atoms with Gasteiger partial charge in [-0.2, -0.15) is 0 Å². The second kappa shape index (κ2) is 7.27. The third-order valence-corrected chi connectivity index (χ3v) is 4.91. The van der Waals surface area contributed by atoms with Gasteiger partial charge in [0, 0.05) is 29.9 Å². The van der Waals surface area contributed by atoms with Crippen LogP contribution in [0.5, 0.6) is 5.75 Å². The summed E-state index contributed by atoms with van der Waals surface area (Å²) in [5.74, 6) is -0.428. The number of esters is 1. The summed E-state index contributed by atoms with van der Waals surface area (Å²) in [6.07, 6.45) is 1.56. The Morgan fingerprint density at radius 3 is 2.44 bits per heavy atom. The van der Waals surface area contributed by atoms with Gasteiger partial charge >= 0.3 is 5.97 Å². The van der Waals surface area contributed by atoms with E-state index in [-0.39, 0.29) is 17.8 Å². The number of hydrogen-bond acceptors (Lipinski definition) is 5. The number of carbonyl (C=O) groups is 2. The molecule has 2 aromatic rings. The first-order valence-electron chi connectivity index (χ1n) is 8.74. The van der Waals surface area contributed by atoms with Crippen molar-refractivity contribution in [3.63, 3.8) is 0 Å². The molecule has 0 N–H and O–H groups in total. The van der Waals surface area contributed by atoms with Crippen molar-refractivity contribution in [1.29, 1.82) is 0 Å². The van der Waals surface area contributed by atoms with Gasteiger partial charge in [-0.05, 0) is 23.8 Å². The molecule has 0 aliphatic carbocycles. The van der Waals surface area contributed by atoms with Crippen LogP contribution in [0.2, 0.25) is 0 Å². The summed E-state index contributed by atoms with van der Waals surface area (Å²) in [5.41, 5.74) is 3.12. The van der Waals surface area contributed by atoms with Crippen molar-refractivity contribution in [3.8, 4) is 5.75 Å². The largest absolute Gasteiger partial charge is 0.496 e. The Bertz CT molecular complexity index is 914. The molecule has 0 bridgehead atoms. The van der Waals surface area contributed by atoms with Crippen molar-refractivity contribution in [1.82, 2.24) is 0 Å². The zero-order valence-electron chi connectivity index (χ0n) is 16.0. The van der Waals surface area contributed by atoms with Gasteiger partial charge in [0.1, 0.15) is 11.3 Å². The van der Waals surface area contributed by atoms with Crippen molar-refractivity contribution in [2.75, 3.05) is 25.7 Å². The predicted octanol–water partition coefficient (Wildman–Crippen LogP) is 3.73. The number of nitrogens with zero attached hydrogens (tertiary/aromatic N) is 1. The summed E-state index contributed by atoms with van der Waals surface area (Å²) in [7, 11) is 3.42. The lowest BCUT2D eigenvalue weighted by molar-refractivity contribution is -0.117. The van der Waals surface area contributed by atoms with E-state index in [2.05, 4.69) is 19.9 Å². The first kappa shape index (κ1) is 18.7. The van der Waals surface area contributed by atoms with E-state index in [0.717, 1.165) is 16.9 Å². The minimum absolute atomic E-state index is 0.263. The van der Waals surface area contributed by atoms with E-state index in [0.29, 0.717) is 11.3 Å². The van der Waals surface area contributed by atoms with Crippen LogP contribution < -0.4 is 9.64 Å². The normalized spacial score (nSPS) is 16.1. The third kappa shape index (κ3) is 3.45. The van der Waals surface area contributed by atoms with Gasteiger partial charge in [-0.25, -0.2) is 4.79 Å². The molecule has 0 amide bonds. The van der Waals surface area contributed by atoms with Gasteiger partial charge in [-0.3, -0.25) is 4.79 Å². The van der Waals surface area contributed by atoms with Crippen molar-refractivity contribution in [3.05, 3.63) is 71.4 Å². The van der Waals surface area contributed by atoms with Crippen LogP contribution in [-0.4, -0.2) is 32.5 Å². The van der Waals surface area contributed by atoms with Crippen LogP contribution in [-0.2, 0) is 14.9 Å². The van der Waals surface area contributed by atoms with Crippen LogP contribution in [0.15, 0.2) is 60.3 Å². The quantitative estimate of drug-likeness (QED) is 0.597. The molecule has 27 heavy (non-hydrogen) atoms. The van der Waals surface area contributed by atoms with E-state index in [9.17, 15) is 9.59 Å². The molecule has 0 unspecified atom stereocenters. The van der Waals surface area contributed by atoms with E-state index in [1.54, 1.807) is 30.3 Å². The fourth-order valence-corrected chi connectivity index (χ4v) is 3.48. The van der Waals surface area contributed by atoms with E-state index >= 15 is 0 Å². The highest BCUT2D eigenvalue weighted by Gasteiger charge is 2.38. The topological polar surface area (TPSA) is 55.8 Å². The highest BCUT2D eigenvalue weighted by Crippen LogP contribution is 2.46. The number of methoxy groups -OCH3 is 1. The zero-order valence-corrected chi connectivity index (χ0v) is 16.0. The zero-order chi connectivity index (χ0) is 19.6. The molecule has 5 heteroatoms. The highest BCUT2D eigenvalue weighted by atomic mass is 16.5. The molecule has 1 aliphatic rings. The van der Waals surface area contributed by atoms with Crippen LogP contribution in [0.25, 0.3) is 0 Å². The van der Waals surface area contributed by atoms with E-state index in [1.165, 1.54) is 7.11 Å². The number of para-hydroxylation sites is 2. The number of allylic oxidation sites excluding steroid dienone is 1. The molecule has 0 saturated heterocycles. The van der Waals surface area contributed by atoms with Gasteiger partial charge in [0.05, 0.1) is 7.11 Å². The number of likely N-dealkylation sites (N-methyl/N-ethyl adjacent to an activating group) is 1. The molecule has 0 aromatic heterocycles. The number of ketones is 1. The molecule has 5 nitrogen and oxygen atoms in total. The number of benzene rings is 2. The van der Waals surface area contributed by atoms with E-state index < -0.39 is 5.97 Å². The van der Waals surface area contributed by atoms with Crippen molar-refractivity contribution in [2.45, 2.75) is 19.3 Å². The van der Waals surface area contributed by atoms with Gasteiger partial charge in [0.25, 0.3) is 0 Å². The standard InChI is InChI=1S/C22H23NO4/c1-22(2)17-10-6-7-11-18(17)23(3)20(22)13-15(24)14-27-21(25)16-9-5-8-12-19(16)26-4/h5-13H,14H2,1-4H3/b20-13+. The summed E-state index contributed by atoms with van der Waals surface area (Å²) < 4.78 is 10.3. The lowest BCUT2D eigenvalue weighted by Gasteiger charge is -2.23. The van der Waals surface area contributed by atoms with Crippen molar-refractivity contribution in [2.24, 2.45) is 0 Å². The lowest BCUT2D eigenvalue weighted by atomic mass is 9.83. The number of anilines is 1. The van der Waals surface area contributed by atoms with Crippen LogP contribution in [0.4, 0.5) is 5.69 Å². The van der Waals surface area contributed by atoms with Crippen LogP contribution >= 0.6 is 0 Å². The molecular weight excluding hydrogens is 342 g/mol. The second-order valence-corrected chi connectivity index (χ2v) is 6.97. The van der Waals surface area contributed by atoms with Crippen molar-refractivity contribution >= 4 is 17.4 Å². The monoisotopic (exact) mass is 365 g/mol. The lowest BCUT2D eigenvalue weighted by Crippen LogP contribution is -2.25. The molecule has 140 valence electrons. The first-order valence-corrected chi connectivity index (χ1v) is 8.74. The number of fused-ring (bicyclic) bond motifs is 1. The fourth-order valence-electron chi connectivity index (χ4n) is 3.48. The molecule has 3 rings (SSSR count). The maximum absolute atomic E-state index is 12.5. The van der Waals surface area contributed by atoms with Crippen LogP contribution in [0.3, 0.4) is 0 Å². The maximum Gasteiger partial charge on any atom is 0.342 e. The average Bonchev–Trinajstić information content (AvgIpc) is 2.87. The Hall–Kier alpha value is -3.08. The summed E-state index contributed by atoms with van der Waals surface area (Å²) in [4.78, 5) is 26.7. The van der Waals surface area contributed by atoms with E-state index in [4.69, 9.17) is 9.47 Å². The molecule has 0 saturated carbocycles. The number of ether oxygens (including phenoxy) is 2. The van der Waals surface area contributed by atoms with Gasteiger partial charge in [0.2, 0.25) is 0 Å². The Morgan fingerprint density at radius 2 is 1.74 bits per heavy atom. The maximum atomic E-state index is 12.5. The number of carbonyl (C=O) groups excluding carboxylic acids is 2. The summed E-state index contributed by atoms with van der Waals surface area (Å²) >= 11 is 0. The molecule has 1 heterocycles. The Kier molecular flexibility index (Phi) is 5.04. The fraction of sp³-hybridized carbons (Fsp3) is 0.273. The van der Waals surface area contributed by atoms with Gasteiger partial charge in [-0.15, -0.1) is 0 Å². The van der Waals surface area contributed by atoms with Crippen LogP contribution in [0.1, 0.15) is 29.8 Å². The Morgan fingerprint density at radius 1 is 1.07 bits per heavy atom. The van der Waals surface area contributed by atoms with Crippen LogP contribution in [0, 0.1) is 0 Å². The van der Waals surface area contributed by atoms with Gasteiger partial charge < -0.3 is 14.4 Å². The highest BCUT2D eigenvalue weighted by molar-refractivity contribution is 5.97. The van der Waals surface area contributed by atoms with Gasteiger partial charge in [0.15, 0.2) is 12.4 Å². The Balaban J connectivity index is 1.73. The summed E-state index contributed by atoms with van der Waals surface area (Å²) in [6, 6.07) is 14.8. The summed E-state index contributed by atoms with van der Waals surface area (Å²) in [5, 5.41) is 0. The van der Waals surface area contributed by atoms with E-state index in [1.807, 2.05) is 30.1 Å². The number of rotatable bonds is 5. The smallest absolute Gasteiger partial charge is 0.342 e.